The minimum absolute atomic E-state index is 0.770. The molecule has 0 heterocycles. The summed E-state index contributed by atoms with van der Waals surface area (Å²) in [6.07, 6.45) is 7.81. The van der Waals surface area contributed by atoms with Crippen LogP contribution < -0.4 is 0 Å². The standard InChI is InChI=1S/C7H8BrI/c8-7-3-1-6(5-9)2-4-7/h1,3-4,6H,2,5H2. The van der Waals surface area contributed by atoms with Crippen molar-refractivity contribution in [2.75, 3.05) is 4.43 Å². The first-order valence-corrected chi connectivity index (χ1v) is 5.24. The maximum absolute atomic E-state index is 3.42. The predicted molar refractivity (Wildman–Crippen MR) is 53.1 cm³/mol. The molecule has 0 fully saturated rings. The van der Waals surface area contributed by atoms with Crippen molar-refractivity contribution in [1.29, 1.82) is 0 Å². The van der Waals surface area contributed by atoms with Crippen LogP contribution in [0.5, 0.6) is 0 Å². The van der Waals surface area contributed by atoms with E-state index >= 15 is 0 Å². The van der Waals surface area contributed by atoms with Gasteiger partial charge in [0.25, 0.3) is 0 Å². The zero-order valence-electron chi connectivity index (χ0n) is 4.98. The van der Waals surface area contributed by atoms with Crippen molar-refractivity contribution in [2.45, 2.75) is 6.42 Å². The number of allylic oxidation sites excluding steroid dienone is 4. The summed E-state index contributed by atoms with van der Waals surface area (Å²) in [4.78, 5) is 0. The first-order valence-electron chi connectivity index (χ1n) is 2.93. The SMILES string of the molecule is BrC1=CCC(CI)C=C1. The lowest BCUT2D eigenvalue weighted by Gasteiger charge is -2.09. The molecule has 0 aromatic heterocycles. The number of halogens is 2. The number of hydrogen-bond acceptors (Lipinski definition) is 0. The van der Waals surface area contributed by atoms with Gasteiger partial charge in [0.2, 0.25) is 0 Å². The molecule has 1 unspecified atom stereocenters. The van der Waals surface area contributed by atoms with Gasteiger partial charge in [-0.05, 0) is 12.3 Å². The van der Waals surface area contributed by atoms with Gasteiger partial charge in [0, 0.05) is 8.91 Å². The van der Waals surface area contributed by atoms with Crippen LogP contribution in [0.4, 0.5) is 0 Å². The van der Waals surface area contributed by atoms with Crippen LogP contribution in [0, 0.1) is 5.92 Å². The van der Waals surface area contributed by atoms with Crippen molar-refractivity contribution in [1.82, 2.24) is 0 Å². The molecule has 2 heteroatoms. The topological polar surface area (TPSA) is 0 Å². The van der Waals surface area contributed by atoms with E-state index in [-0.39, 0.29) is 0 Å². The highest BCUT2D eigenvalue weighted by Gasteiger charge is 2.03. The predicted octanol–water partition coefficient (Wildman–Crippen LogP) is 3.28. The van der Waals surface area contributed by atoms with E-state index in [1.54, 1.807) is 0 Å². The summed E-state index contributed by atoms with van der Waals surface area (Å²) in [6, 6.07) is 0. The second-order valence-corrected chi connectivity index (χ2v) is 3.89. The van der Waals surface area contributed by atoms with Gasteiger partial charge in [-0.2, -0.15) is 0 Å². The van der Waals surface area contributed by atoms with E-state index in [1.807, 2.05) is 0 Å². The van der Waals surface area contributed by atoms with Gasteiger partial charge in [0.15, 0.2) is 0 Å². The molecule has 0 saturated heterocycles. The lowest BCUT2D eigenvalue weighted by molar-refractivity contribution is 0.760. The average molecular weight is 299 g/mol. The maximum Gasteiger partial charge on any atom is 0.0132 e. The fraction of sp³-hybridized carbons (Fsp3) is 0.429. The van der Waals surface area contributed by atoms with Crippen LogP contribution in [0.2, 0.25) is 0 Å². The summed E-state index contributed by atoms with van der Waals surface area (Å²) >= 11 is 5.83. The molecule has 0 spiro atoms. The smallest absolute Gasteiger partial charge is 0.0132 e. The van der Waals surface area contributed by atoms with Crippen molar-refractivity contribution in [3.05, 3.63) is 22.7 Å². The van der Waals surface area contributed by atoms with E-state index < -0.39 is 0 Å². The Morgan fingerprint density at radius 3 is 3.00 bits per heavy atom. The number of alkyl halides is 1. The zero-order chi connectivity index (χ0) is 6.69. The molecule has 1 aliphatic carbocycles. The van der Waals surface area contributed by atoms with Crippen LogP contribution in [0.15, 0.2) is 22.7 Å². The van der Waals surface area contributed by atoms with E-state index in [2.05, 4.69) is 56.7 Å². The first kappa shape index (κ1) is 7.79. The van der Waals surface area contributed by atoms with E-state index in [9.17, 15) is 0 Å². The Hall–Kier alpha value is 0.690. The molecule has 1 atom stereocenters. The molecule has 1 aliphatic rings. The van der Waals surface area contributed by atoms with E-state index in [1.165, 1.54) is 15.3 Å². The third-order valence-electron chi connectivity index (χ3n) is 1.34. The molecular weight excluding hydrogens is 291 g/mol. The monoisotopic (exact) mass is 298 g/mol. The van der Waals surface area contributed by atoms with Gasteiger partial charge in [-0.1, -0.05) is 56.7 Å². The molecule has 0 aromatic carbocycles. The van der Waals surface area contributed by atoms with Gasteiger partial charge < -0.3 is 0 Å². The molecule has 0 radical (unpaired) electrons. The van der Waals surface area contributed by atoms with Gasteiger partial charge in [-0.25, -0.2) is 0 Å². The average Bonchev–Trinajstić information content (AvgIpc) is 1.90. The summed E-state index contributed by atoms with van der Waals surface area (Å²) in [5, 5.41) is 0. The van der Waals surface area contributed by atoms with Gasteiger partial charge >= 0.3 is 0 Å². The van der Waals surface area contributed by atoms with E-state index in [4.69, 9.17) is 0 Å². The Morgan fingerprint density at radius 1 is 1.78 bits per heavy atom. The second-order valence-electron chi connectivity index (χ2n) is 2.10. The molecule has 0 saturated carbocycles. The molecule has 0 bridgehead atoms. The van der Waals surface area contributed by atoms with Crippen molar-refractivity contribution in [3.8, 4) is 0 Å². The highest BCUT2D eigenvalue weighted by atomic mass is 127. The van der Waals surface area contributed by atoms with Gasteiger partial charge in [-0.15, -0.1) is 0 Å². The van der Waals surface area contributed by atoms with Crippen LogP contribution in [-0.4, -0.2) is 4.43 Å². The second kappa shape index (κ2) is 3.76. The minimum Gasteiger partial charge on any atom is -0.0857 e. The Kier molecular flexibility index (Phi) is 3.26. The lowest BCUT2D eigenvalue weighted by atomic mass is 10.0. The van der Waals surface area contributed by atoms with Crippen LogP contribution in [0.3, 0.4) is 0 Å². The Morgan fingerprint density at radius 2 is 2.56 bits per heavy atom. The molecule has 0 aromatic rings. The quantitative estimate of drug-likeness (QED) is 0.515. The summed E-state index contributed by atoms with van der Waals surface area (Å²) in [5.74, 6) is 0.770. The number of hydrogen-bond donors (Lipinski definition) is 0. The van der Waals surface area contributed by atoms with Crippen LogP contribution in [0.1, 0.15) is 6.42 Å². The fourth-order valence-electron chi connectivity index (χ4n) is 0.753. The third-order valence-corrected chi connectivity index (χ3v) is 3.06. The Balaban J connectivity index is 2.48. The molecular formula is C7H8BrI. The molecule has 0 amide bonds. The summed E-state index contributed by atoms with van der Waals surface area (Å²) in [7, 11) is 0. The molecule has 50 valence electrons. The van der Waals surface area contributed by atoms with Gasteiger partial charge in [0.05, 0.1) is 0 Å². The first-order chi connectivity index (χ1) is 4.33. The molecule has 0 nitrogen and oxygen atoms in total. The normalized spacial score (nSPS) is 26.0. The summed E-state index contributed by atoms with van der Waals surface area (Å²) < 4.78 is 2.45. The van der Waals surface area contributed by atoms with Crippen LogP contribution in [-0.2, 0) is 0 Å². The van der Waals surface area contributed by atoms with Crippen LogP contribution >= 0.6 is 38.5 Å². The third kappa shape index (κ3) is 2.42. The molecule has 0 N–H and O–H groups in total. The zero-order valence-corrected chi connectivity index (χ0v) is 8.72. The molecule has 1 rings (SSSR count). The van der Waals surface area contributed by atoms with E-state index in [0.29, 0.717) is 0 Å². The minimum atomic E-state index is 0.770. The van der Waals surface area contributed by atoms with Gasteiger partial charge in [-0.3, -0.25) is 0 Å². The number of rotatable bonds is 1. The molecule has 0 aliphatic heterocycles. The lowest BCUT2D eigenvalue weighted by Crippen LogP contribution is -1.98. The Bertz CT molecular complexity index is 149. The highest BCUT2D eigenvalue weighted by molar-refractivity contribution is 14.1. The summed E-state index contributed by atoms with van der Waals surface area (Å²) in [5.41, 5.74) is 0. The van der Waals surface area contributed by atoms with Crippen molar-refractivity contribution in [2.24, 2.45) is 5.92 Å². The Labute approximate surface area is 77.7 Å². The van der Waals surface area contributed by atoms with Gasteiger partial charge in [0.1, 0.15) is 0 Å². The largest absolute Gasteiger partial charge is 0.0857 e. The highest BCUT2D eigenvalue weighted by Crippen LogP contribution is 2.21. The van der Waals surface area contributed by atoms with E-state index in [0.717, 1.165) is 5.92 Å². The maximum atomic E-state index is 3.42. The van der Waals surface area contributed by atoms with Crippen molar-refractivity contribution >= 4 is 38.5 Å². The van der Waals surface area contributed by atoms with Crippen LogP contribution in [0.25, 0.3) is 0 Å². The summed E-state index contributed by atoms with van der Waals surface area (Å²) in [6.45, 7) is 0. The molecule has 9 heavy (non-hydrogen) atoms. The van der Waals surface area contributed by atoms with Crippen molar-refractivity contribution < 1.29 is 0 Å². The fourth-order valence-corrected chi connectivity index (χ4v) is 1.75. The van der Waals surface area contributed by atoms with Crippen molar-refractivity contribution in [3.63, 3.8) is 0 Å².